The first-order chi connectivity index (χ1) is 10.6. The van der Waals surface area contributed by atoms with Crippen molar-refractivity contribution in [3.05, 3.63) is 42.1 Å². The molecule has 1 aromatic carbocycles. The number of hydrogen-bond donors (Lipinski definition) is 2. The van der Waals surface area contributed by atoms with Crippen molar-refractivity contribution in [2.24, 2.45) is 5.41 Å². The number of nitrogens with one attached hydrogen (secondary N) is 2. The van der Waals surface area contributed by atoms with E-state index in [0.717, 1.165) is 17.4 Å². The topological polar surface area (TPSA) is 54.0 Å². The van der Waals surface area contributed by atoms with Crippen LogP contribution in [-0.4, -0.2) is 30.0 Å². The maximum absolute atomic E-state index is 12.3. The molecule has 0 spiro atoms. The van der Waals surface area contributed by atoms with Crippen LogP contribution in [0.3, 0.4) is 0 Å². The van der Waals surface area contributed by atoms with Crippen molar-refractivity contribution in [1.29, 1.82) is 0 Å². The summed E-state index contributed by atoms with van der Waals surface area (Å²) in [5, 5.41) is 7.59. The van der Waals surface area contributed by atoms with Crippen LogP contribution in [0.25, 0.3) is 10.9 Å². The largest absolute Gasteiger partial charge is 0.349 e. The SMILES string of the molecule is CC1(C)CCCNC1CNC(=O)c1ccc2ccccc2n1. The second-order valence-corrected chi connectivity index (χ2v) is 6.70. The van der Waals surface area contributed by atoms with Crippen LogP contribution >= 0.6 is 0 Å². The number of benzene rings is 1. The Morgan fingerprint density at radius 2 is 2.14 bits per heavy atom. The molecule has 1 atom stereocenters. The molecule has 1 aromatic heterocycles. The number of piperidine rings is 1. The van der Waals surface area contributed by atoms with Crippen LogP contribution in [0.15, 0.2) is 36.4 Å². The second kappa shape index (κ2) is 6.05. The zero-order valence-electron chi connectivity index (χ0n) is 13.2. The third-order valence-electron chi connectivity index (χ3n) is 4.63. The van der Waals surface area contributed by atoms with Crippen molar-refractivity contribution in [1.82, 2.24) is 15.6 Å². The van der Waals surface area contributed by atoms with Crippen molar-refractivity contribution in [2.45, 2.75) is 32.7 Å². The summed E-state index contributed by atoms with van der Waals surface area (Å²) in [6.45, 7) is 6.17. The monoisotopic (exact) mass is 297 g/mol. The van der Waals surface area contributed by atoms with Crippen LogP contribution in [0.1, 0.15) is 37.2 Å². The van der Waals surface area contributed by atoms with Gasteiger partial charge in [-0.25, -0.2) is 4.98 Å². The van der Waals surface area contributed by atoms with Crippen LogP contribution in [0.2, 0.25) is 0 Å². The van der Waals surface area contributed by atoms with Crippen molar-refractivity contribution < 1.29 is 4.79 Å². The Bertz CT molecular complexity index is 681. The van der Waals surface area contributed by atoms with Gasteiger partial charge in [0, 0.05) is 18.0 Å². The summed E-state index contributed by atoms with van der Waals surface area (Å²) in [6.07, 6.45) is 2.39. The molecule has 3 rings (SSSR count). The van der Waals surface area contributed by atoms with Crippen molar-refractivity contribution in [2.75, 3.05) is 13.1 Å². The minimum atomic E-state index is -0.103. The number of carbonyl (C=O) groups excluding carboxylic acids is 1. The Morgan fingerprint density at radius 3 is 2.95 bits per heavy atom. The summed E-state index contributed by atoms with van der Waals surface area (Å²) in [7, 11) is 0. The molecule has 1 unspecified atom stereocenters. The molecule has 0 aliphatic carbocycles. The Morgan fingerprint density at radius 1 is 1.32 bits per heavy atom. The van der Waals surface area contributed by atoms with E-state index in [1.807, 2.05) is 30.3 Å². The highest BCUT2D eigenvalue weighted by molar-refractivity contribution is 5.94. The standard InChI is InChI=1S/C18H23N3O/c1-18(2)10-5-11-19-16(18)12-20-17(22)15-9-8-13-6-3-4-7-14(13)21-15/h3-4,6-9,16,19H,5,10-12H2,1-2H3,(H,20,22). The number of carbonyl (C=O) groups is 1. The molecule has 4 nitrogen and oxygen atoms in total. The fourth-order valence-corrected chi connectivity index (χ4v) is 3.10. The lowest BCUT2D eigenvalue weighted by molar-refractivity contribution is 0.0924. The van der Waals surface area contributed by atoms with Crippen LogP contribution in [-0.2, 0) is 0 Å². The normalized spacial score (nSPS) is 20.7. The van der Waals surface area contributed by atoms with Gasteiger partial charge < -0.3 is 10.6 Å². The molecule has 0 bridgehead atoms. The molecule has 0 radical (unpaired) electrons. The van der Waals surface area contributed by atoms with Gasteiger partial charge in [-0.3, -0.25) is 4.79 Å². The smallest absolute Gasteiger partial charge is 0.269 e. The molecule has 2 heterocycles. The van der Waals surface area contributed by atoms with Crippen LogP contribution in [0, 0.1) is 5.41 Å². The predicted molar refractivity (Wildman–Crippen MR) is 88.9 cm³/mol. The molecular formula is C18H23N3O. The van der Waals surface area contributed by atoms with Crippen molar-refractivity contribution in [3.63, 3.8) is 0 Å². The maximum Gasteiger partial charge on any atom is 0.269 e. The van der Waals surface area contributed by atoms with E-state index in [0.29, 0.717) is 18.3 Å². The Labute approximate surface area is 131 Å². The first-order valence-electron chi connectivity index (χ1n) is 7.94. The van der Waals surface area contributed by atoms with Crippen molar-refractivity contribution >= 4 is 16.8 Å². The van der Waals surface area contributed by atoms with Gasteiger partial charge in [0.05, 0.1) is 5.52 Å². The number of para-hydroxylation sites is 1. The van der Waals surface area contributed by atoms with Gasteiger partial charge in [-0.1, -0.05) is 38.1 Å². The number of aromatic nitrogens is 1. The number of fused-ring (bicyclic) bond motifs is 1. The Balaban J connectivity index is 1.68. The molecule has 2 aromatic rings. The molecule has 2 N–H and O–H groups in total. The van der Waals surface area contributed by atoms with Crippen LogP contribution in [0.4, 0.5) is 0 Å². The zero-order valence-corrected chi connectivity index (χ0v) is 13.2. The van der Waals surface area contributed by atoms with Gasteiger partial charge in [0.25, 0.3) is 5.91 Å². The lowest BCUT2D eigenvalue weighted by Gasteiger charge is -2.39. The maximum atomic E-state index is 12.3. The van der Waals surface area contributed by atoms with E-state index in [1.54, 1.807) is 6.07 Å². The number of rotatable bonds is 3. The fourth-order valence-electron chi connectivity index (χ4n) is 3.10. The minimum absolute atomic E-state index is 0.103. The molecule has 1 amide bonds. The number of amides is 1. The summed E-state index contributed by atoms with van der Waals surface area (Å²) >= 11 is 0. The van der Waals surface area contributed by atoms with Crippen LogP contribution < -0.4 is 10.6 Å². The summed E-state index contributed by atoms with van der Waals surface area (Å²) in [6, 6.07) is 11.9. The molecule has 1 saturated heterocycles. The highest BCUT2D eigenvalue weighted by atomic mass is 16.1. The number of hydrogen-bond acceptors (Lipinski definition) is 3. The first kappa shape index (κ1) is 15.0. The summed E-state index contributed by atoms with van der Waals surface area (Å²) in [4.78, 5) is 16.8. The molecule has 1 fully saturated rings. The number of nitrogens with zero attached hydrogens (tertiary/aromatic N) is 1. The molecule has 1 aliphatic heterocycles. The van der Waals surface area contributed by atoms with E-state index < -0.39 is 0 Å². The van der Waals surface area contributed by atoms with Gasteiger partial charge in [0.2, 0.25) is 0 Å². The van der Waals surface area contributed by atoms with E-state index in [2.05, 4.69) is 29.5 Å². The summed E-state index contributed by atoms with van der Waals surface area (Å²) < 4.78 is 0. The van der Waals surface area contributed by atoms with E-state index in [9.17, 15) is 4.79 Å². The van der Waals surface area contributed by atoms with E-state index in [1.165, 1.54) is 12.8 Å². The highest BCUT2D eigenvalue weighted by Gasteiger charge is 2.32. The average molecular weight is 297 g/mol. The third-order valence-corrected chi connectivity index (χ3v) is 4.63. The molecule has 4 heteroatoms. The lowest BCUT2D eigenvalue weighted by Crippen LogP contribution is -2.52. The molecule has 22 heavy (non-hydrogen) atoms. The van der Waals surface area contributed by atoms with Gasteiger partial charge in [0.1, 0.15) is 5.69 Å². The van der Waals surface area contributed by atoms with Gasteiger partial charge in [-0.05, 0) is 36.9 Å². The second-order valence-electron chi connectivity index (χ2n) is 6.70. The van der Waals surface area contributed by atoms with E-state index >= 15 is 0 Å². The van der Waals surface area contributed by atoms with Gasteiger partial charge in [-0.15, -0.1) is 0 Å². The molecule has 1 aliphatic rings. The quantitative estimate of drug-likeness (QED) is 0.916. The van der Waals surface area contributed by atoms with Gasteiger partial charge >= 0.3 is 0 Å². The molecule has 116 valence electrons. The highest BCUT2D eigenvalue weighted by Crippen LogP contribution is 2.29. The predicted octanol–water partition coefficient (Wildman–Crippen LogP) is 2.74. The third kappa shape index (κ3) is 3.12. The van der Waals surface area contributed by atoms with Crippen molar-refractivity contribution in [3.8, 4) is 0 Å². The van der Waals surface area contributed by atoms with Gasteiger partial charge in [-0.2, -0.15) is 0 Å². The zero-order chi connectivity index (χ0) is 15.6. The van der Waals surface area contributed by atoms with Gasteiger partial charge in [0.15, 0.2) is 0 Å². The minimum Gasteiger partial charge on any atom is -0.349 e. The Hall–Kier alpha value is -1.94. The Kier molecular flexibility index (Phi) is 4.12. The average Bonchev–Trinajstić information content (AvgIpc) is 2.52. The summed E-state index contributed by atoms with van der Waals surface area (Å²) in [5.41, 5.74) is 1.54. The van der Waals surface area contributed by atoms with E-state index in [-0.39, 0.29) is 11.3 Å². The van der Waals surface area contributed by atoms with E-state index in [4.69, 9.17) is 0 Å². The summed E-state index contributed by atoms with van der Waals surface area (Å²) in [5.74, 6) is -0.103. The fraction of sp³-hybridized carbons (Fsp3) is 0.444. The molecular weight excluding hydrogens is 274 g/mol. The number of pyridine rings is 1. The first-order valence-corrected chi connectivity index (χ1v) is 7.94. The molecule has 0 saturated carbocycles. The lowest BCUT2D eigenvalue weighted by atomic mass is 9.77. The van der Waals surface area contributed by atoms with Crippen LogP contribution in [0.5, 0.6) is 0 Å².